The molecule has 7 heteroatoms. The fraction of sp³-hybridized carbons (Fsp3) is 0.278. The van der Waals surface area contributed by atoms with Crippen LogP contribution in [0.25, 0.3) is 0 Å². The van der Waals surface area contributed by atoms with Crippen LogP contribution in [-0.2, 0) is 22.9 Å². The van der Waals surface area contributed by atoms with Crippen LogP contribution >= 0.6 is 11.6 Å². The van der Waals surface area contributed by atoms with E-state index >= 15 is 0 Å². The maximum atomic E-state index is 12.3. The number of benzene rings is 2. The molecule has 1 amide bonds. The molecule has 0 unspecified atom stereocenters. The van der Waals surface area contributed by atoms with Gasteiger partial charge in [0.25, 0.3) is 5.91 Å². The number of amides is 1. The number of carbonyl (C=O) groups excluding carboxylic acids is 1. The van der Waals surface area contributed by atoms with Crippen LogP contribution in [0.4, 0.5) is 5.69 Å². The standard InChI is InChI=1S/C18H19ClN2O3S/c1-25(23,24)21-11-9-14-12-15(4-7-17(14)21)18(22)20-10-8-13-2-5-16(19)6-3-13/h2-7,12H,8-11H2,1H3,(H,20,22). The third-order valence-corrected chi connectivity index (χ3v) is 5.64. The van der Waals surface area contributed by atoms with Gasteiger partial charge >= 0.3 is 0 Å². The zero-order chi connectivity index (χ0) is 18.0. The van der Waals surface area contributed by atoms with Gasteiger partial charge in [-0.05, 0) is 54.3 Å². The number of sulfonamides is 1. The van der Waals surface area contributed by atoms with Gasteiger partial charge in [-0.25, -0.2) is 8.42 Å². The maximum absolute atomic E-state index is 12.3. The van der Waals surface area contributed by atoms with Crippen molar-refractivity contribution in [1.29, 1.82) is 0 Å². The number of anilines is 1. The first-order chi connectivity index (χ1) is 11.8. The van der Waals surface area contributed by atoms with Gasteiger partial charge in [-0.3, -0.25) is 9.10 Å². The largest absolute Gasteiger partial charge is 0.352 e. The molecule has 0 aromatic heterocycles. The molecule has 3 rings (SSSR count). The summed E-state index contributed by atoms with van der Waals surface area (Å²) in [4.78, 5) is 12.3. The highest BCUT2D eigenvalue weighted by Gasteiger charge is 2.26. The SMILES string of the molecule is CS(=O)(=O)N1CCc2cc(C(=O)NCCc3ccc(Cl)cc3)ccc21. The van der Waals surface area contributed by atoms with Crippen molar-refractivity contribution < 1.29 is 13.2 Å². The Morgan fingerprint density at radius 2 is 1.92 bits per heavy atom. The molecule has 0 spiro atoms. The molecule has 0 saturated heterocycles. The lowest BCUT2D eigenvalue weighted by molar-refractivity contribution is 0.0954. The van der Waals surface area contributed by atoms with E-state index in [2.05, 4.69) is 5.32 Å². The smallest absolute Gasteiger partial charge is 0.251 e. The number of nitrogens with zero attached hydrogens (tertiary/aromatic N) is 1. The fourth-order valence-corrected chi connectivity index (χ4v) is 4.02. The maximum Gasteiger partial charge on any atom is 0.251 e. The molecule has 2 aromatic rings. The number of fused-ring (bicyclic) bond motifs is 1. The van der Waals surface area contributed by atoms with Gasteiger partial charge in [-0.1, -0.05) is 23.7 Å². The molecule has 0 radical (unpaired) electrons. The third-order valence-electron chi connectivity index (χ3n) is 4.21. The first-order valence-corrected chi connectivity index (χ1v) is 10.2. The van der Waals surface area contributed by atoms with Gasteiger partial charge in [-0.2, -0.15) is 0 Å². The minimum absolute atomic E-state index is 0.158. The van der Waals surface area contributed by atoms with Gasteiger partial charge in [0.1, 0.15) is 0 Å². The van der Waals surface area contributed by atoms with E-state index in [1.54, 1.807) is 18.2 Å². The van der Waals surface area contributed by atoms with Gasteiger partial charge in [0.05, 0.1) is 11.9 Å². The summed E-state index contributed by atoms with van der Waals surface area (Å²) in [7, 11) is -3.27. The van der Waals surface area contributed by atoms with Crippen LogP contribution in [0.5, 0.6) is 0 Å². The summed E-state index contributed by atoms with van der Waals surface area (Å²) < 4.78 is 24.9. The van der Waals surface area contributed by atoms with Crippen molar-refractivity contribution in [2.75, 3.05) is 23.7 Å². The molecule has 132 valence electrons. The van der Waals surface area contributed by atoms with E-state index in [1.807, 2.05) is 24.3 Å². The van der Waals surface area contributed by atoms with E-state index < -0.39 is 10.0 Å². The number of carbonyl (C=O) groups is 1. The number of hydrogen-bond acceptors (Lipinski definition) is 3. The molecule has 0 aliphatic carbocycles. The molecule has 1 heterocycles. The van der Waals surface area contributed by atoms with Crippen molar-refractivity contribution in [3.8, 4) is 0 Å². The Balaban J connectivity index is 1.63. The zero-order valence-corrected chi connectivity index (χ0v) is 15.4. The molecule has 25 heavy (non-hydrogen) atoms. The Bertz CT molecular complexity index is 895. The molecule has 1 aliphatic rings. The van der Waals surface area contributed by atoms with Crippen LogP contribution in [0.2, 0.25) is 5.02 Å². The van der Waals surface area contributed by atoms with E-state index in [-0.39, 0.29) is 5.91 Å². The van der Waals surface area contributed by atoms with Crippen molar-refractivity contribution in [2.24, 2.45) is 0 Å². The van der Waals surface area contributed by atoms with Gasteiger partial charge in [0.15, 0.2) is 0 Å². The Hall–Kier alpha value is -2.05. The fourth-order valence-electron chi connectivity index (χ4n) is 2.93. The predicted molar refractivity (Wildman–Crippen MR) is 99.8 cm³/mol. The van der Waals surface area contributed by atoms with E-state index in [1.165, 1.54) is 10.6 Å². The molecule has 0 atom stereocenters. The van der Waals surface area contributed by atoms with E-state index in [4.69, 9.17) is 11.6 Å². The Kier molecular flexibility index (Phi) is 5.01. The Morgan fingerprint density at radius 1 is 1.20 bits per heavy atom. The Morgan fingerprint density at radius 3 is 2.60 bits per heavy atom. The minimum Gasteiger partial charge on any atom is -0.352 e. The Labute approximate surface area is 152 Å². The quantitative estimate of drug-likeness (QED) is 0.869. The molecular weight excluding hydrogens is 360 g/mol. The van der Waals surface area contributed by atoms with Crippen LogP contribution < -0.4 is 9.62 Å². The number of nitrogens with one attached hydrogen (secondary N) is 1. The molecule has 5 nitrogen and oxygen atoms in total. The highest BCUT2D eigenvalue weighted by atomic mass is 35.5. The number of halogens is 1. The van der Waals surface area contributed by atoms with Crippen LogP contribution in [0.1, 0.15) is 21.5 Å². The monoisotopic (exact) mass is 378 g/mol. The van der Waals surface area contributed by atoms with Crippen LogP contribution in [0, 0.1) is 0 Å². The second-order valence-corrected chi connectivity index (χ2v) is 8.40. The first kappa shape index (κ1) is 17.8. The second kappa shape index (κ2) is 7.06. The molecule has 1 N–H and O–H groups in total. The molecule has 0 bridgehead atoms. The van der Waals surface area contributed by atoms with Crippen LogP contribution in [-0.4, -0.2) is 33.7 Å². The average Bonchev–Trinajstić information content (AvgIpc) is 3.00. The van der Waals surface area contributed by atoms with Crippen molar-refractivity contribution in [1.82, 2.24) is 5.32 Å². The second-order valence-electron chi connectivity index (χ2n) is 6.06. The lowest BCUT2D eigenvalue weighted by Gasteiger charge is -2.16. The van der Waals surface area contributed by atoms with Gasteiger partial charge in [0.2, 0.25) is 10.0 Å². The highest BCUT2D eigenvalue weighted by molar-refractivity contribution is 7.92. The number of rotatable bonds is 5. The summed E-state index contributed by atoms with van der Waals surface area (Å²) in [6.07, 6.45) is 2.53. The van der Waals surface area contributed by atoms with Gasteiger partial charge in [-0.15, -0.1) is 0 Å². The van der Waals surface area contributed by atoms with Crippen LogP contribution in [0.15, 0.2) is 42.5 Å². The minimum atomic E-state index is -3.27. The molecule has 1 aliphatic heterocycles. The van der Waals surface area contributed by atoms with Crippen molar-refractivity contribution in [2.45, 2.75) is 12.8 Å². The lowest BCUT2D eigenvalue weighted by Crippen LogP contribution is -2.27. The predicted octanol–water partition coefficient (Wildman–Crippen LogP) is 2.63. The summed E-state index contributed by atoms with van der Waals surface area (Å²) in [5.41, 5.74) is 3.20. The summed E-state index contributed by atoms with van der Waals surface area (Å²) in [5, 5.41) is 3.58. The zero-order valence-electron chi connectivity index (χ0n) is 13.8. The molecule has 0 fully saturated rings. The third kappa shape index (κ3) is 4.14. The lowest BCUT2D eigenvalue weighted by atomic mass is 10.1. The van der Waals surface area contributed by atoms with Gasteiger partial charge in [0, 0.05) is 23.7 Å². The van der Waals surface area contributed by atoms with Crippen molar-refractivity contribution in [3.05, 3.63) is 64.2 Å². The summed E-state index contributed by atoms with van der Waals surface area (Å²) >= 11 is 5.85. The summed E-state index contributed by atoms with van der Waals surface area (Å²) in [6, 6.07) is 12.7. The first-order valence-electron chi connectivity index (χ1n) is 7.98. The van der Waals surface area contributed by atoms with Crippen LogP contribution in [0.3, 0.4) is 0 Å². The van der Waals surface area contributed by atoms with Crippen molar-refractivity contribution in [3.63, 3.8) is 0 Å². The normalized spacial score (nSPS) is 13.6. The molecular formula is C18H19ClN2O3S. The summed E-state index contributed by atoms with van der Waals surface area (Å²) in [5.74, 6) is -0.158. The number of hydrogen-bond donors (Lipinski definition) is 1. The van der Waals surface area contributed by atoms with E-state index in [0.29, 0.717) is 35.8 Å². The van der Waals surface area contributed by atoms with E-state index in [9.17, 15) is 13.2 Å². The molecule has 2 aromatic carbocycles. The van der Waals surface area contributed by atoms with E-state index in [0.717, 1.165) is 17.5 Å². The van der Waals surface area contributed by atoms with Crippen molar-refractivity contribution >= 4 is 33.2 Å². The molecule has 0 saturated carbocycles. The highest BCUT2D eigenvalue weighted by Crippen LogP contribution is 2.30. The topological polar surface area (TPSA) is 66.5 Å². The van der Waals surface area contributed by atoms with Gasteiger partial charge < -0.3 is 5.32 Å². The summed E-state index contributed by atoms with van der Waals surface area (Å²) in [6.45, 7) is 0.947. The average molecular weight is 379 g/mol.